The Bertz CT molecular complexity index is 585. The van der Waals surface area contributed by atoms with Crippen LogP contribution < -0.4 is 16.4 Å². The summed E-state index contributed by atoms with van der Waals surface area (Å²) in [4.78, 5) is 25.2. The third kappa shape index (κ3) is 2.54. The number of fused-ring (bicyclic) bond motifs is 1. The van der Waals surface area contributed by atoms with Gasteiger partial charge in [0.05, 0.1) is 5.52 Å². The van der Waals surface area contributed by atoms with E-state index >= 15 is 0 Å². The smallest absolute Gasteiger partial charge is 0.408 e. The molecule has 0 saturated carbocycles. The van der Waals surface area contributed by atoms with Crippen molar-refractivity contribution in [3.8, 4) is 0 Å². The molecule has 90 valence electrons. The second-order valence-electron chi connectivity index (χ2n) is 3.58. The van der Waals surface area contributed by atoms with Gasteiger partial charge in [0.25, 0.3) is 5.91 Å². The van der Waals surface area contributed by atoms with E-state index in [9.17, 15) is 9.59 Å². The van der Waals surface area contributed by atoms with Gasteiger partial charge in [-0.3, -0.25) is 9.78 Å². The first kappa shape index (κ1) is 11.4. The van der Waals surface area contributed by atoms with Crippen molar-refractivity contribution in [2.75, 3.05) is 20.1 Å². The zero-order chi connectivity index (χ0) is 12.3. The van der Waals surface area contributed by atoms with Crippen molar-refractivity contribution in [1.29, 1.82) is 0 Å². The van der Waals surface area contributed by atoms with Crippen molar-refractivity contribution in [3.63, 3.8) is 0 Å². The second-order valence-corrected chi connectivity index (χ2v) is 3.58. The van der Waals surface area contributed by atoms with Crippen LogP contribution >= 0.6 is 0 Å². The van der Waals surface area contributed by atoms with E-state index < -0.39 is 5.76 Å². The van der Waals surface area contributed by atoms with Gasteiger partial charge in [0.2, 0.25) is 0 Å². The number of oxazole rings is 1. The summed E-state index contributed by atoms with van der Waals surface area (Å²) in [5.74, 6) is -0.697. The Hall–Kier alpha value is -2.08. The standard InChI is InChI=1S/C11H13N3O3/c1-12-4-5-13-10(15)7-2-3-9-8(6-7)14-11(16)17-9/h2-3,6,12H,4-5H2,1H3,(H,13,15)(H,14,16). The van der Waals surface area contributed by atoms with Crippen LogP contribution in [0.3, 0.4) is 0 Å². The van der Waals surface area contributed by atoms with Crippen LogP contribution in [0.4, 0.5) is 0 Å². The molecule has 6 nitrogen and oxygen atoms in total. The Morgan fingerprint density at radius 1 is 1.41 bits per heavy atom. The van der Waals surface area contributed by atoms with E-state index in [-0.39, 0.29) is 5.91 Å². The first-order chi connectivity index (χ1) is 8.20. The van der Waals surface area contributed by atoms with Crippen LogP contribution in [-0.2, 0) is 0 Å². The van der Waals surface area contributed by atoms with Gasteiger partial charge >= 0.3 is 5.76 Å². The highest BCUT2D eigenvalue weighted by molar-refractivity contribution is 5.96. The molecule has 0 fully saturated rings. The molecular formula is C11H13N3O3. The molecule has 0 aliphatic carbocycles. The molecule has 0 unspecified atom stereocenters. The number of amides is 1. The highest BCUT2D eigenvalue weighted by atomic mass is 16.4. The monoisotopic (exact) mass is 235 g/mol. The Balaban J connectivity index is 2.17. The number of rotatable bonds is 4. The van der Waals surface area contributed by atoms with Crippen molar-refractivity contribution in [3.05, 3.63) is 34.3 Å². The van der Waals surface area contributed by atoms with E-state index in [0.29, 0.717) is 29.8 Å². The second kappa shape index (κ2) is 4.84. The minimum absolute atomic E-state index is 0.177. The molecule has 0 saturated heterocycles. The van der Waals surface area contributed by atoms with Gasteiger partial charge in [-0.25, -0.2) is 4.79 Å². The third-order valence-corrected chi connectivity index (χ3v) is 2.34. The van der Waals surface area contributed by atoms with Crippen LogP contribution in [-0.4, -0.2) is 31.0 Å². The molecule has 0 radical (unpaired) electrons. The number of aromatic amines is 1. The van der Waals surface area contributed by atoms with Gasteiger partial charge in [-0.1, -0.05) is 0 Å². The maximum atomic E-state index is 11.7. The molecule has 0 spiro atoms. The van der Waals surface area contributed by atoms with Gasteiger partial charge in [0, 0.05) is 18.7 Å². The summed E-state index contributed by atoms with van der Waals surface area (Å²) in [5, 5.41) is 5.68. The summed E-state index contributed by atoms with van der Waals surface area (Å²) in [6.45, 7) is 1.26. The molecule has 3 N–H and O–H groups in total. The SMILES string of the molecule is CNCCNC(=O)c1ccc2oc(=O)[nH]c2c1. The third-order valence-electron chi connectivity index (χ3n) is 2.34. The molecule has 0 atom stereocenters. The summed E-state index contributed by atoms with van der Waals surface area (Å²) in [6.07, 6.45) is 0. The van der Waals surface area contributed by atoms with Crippen LogP contribution in [0.1, 0.15) is 10.4 Å². The lowest BCUT2D eigenvalue weighted by Crippen LogP contribution is -2.30. The molecule has 1 amide bonds. The van der Waals surface area contributed by atoms with E-state index in [1.165, 1.54) is 0 Å². The summed E-state index contributed by atoms with van der Waals surface area (Å²) in [6, 6.07) is 4.81. The molecule has 6 heteroatoms. The van der Waals surface area contributed by atoms with Gasteiger partial charge in [-0.2, -0.15) is 0 Å². The number of likely N-dealkylation sites (N-methyl/N-ethyl adjacent to an activating group) is 1. The average Bonchev–Trinajstić information content (AvgIpc) is 2.68. The molecule has 17 heavy (non-hydrogen) atoms. The van der Waals surface area contributed by atoms with Crippen molar-refractivity contribution >= 4 is 17.0 Å². The molecule has 1 aromatic heterocycles. The van der Waals surface area contributed by atoms with Gasteiger partial charge in [0.1, 0.15) is 0 Å². The minimum Gasteiger partial charge on any atom is -0.408 e. The Kier molecular flexibility index (Phi) is 3.24. The van der Waals surface area contributed by atoms with Crippen LogP contribution in [0.25, 0.3) is 11.1 Å². The molecule has 0 aliphatic rings. The molecular weight excluding hydrogens is 222 g/mol. The number of nitrogens with one attached hydrogen (secondary N) is 3. The molecule has 2 rings (SSSR count). The lowest BCUT2D eigenvalue weighted by atomic mass is 10.2. The Morgan fingerprint density at radius 2 is 2.24 bits per heavy atom. The van der Waals surface area contributed by atoms with E-state index in [4.69, 9.17) is 4.42 Å². The minimum atomic E-state index is -0.521. The lowest BCUT2D eigenvalue weighted by molar-refractivity contribution is 0.0954. The number of benzene rings is 1. The van der Waals surface area contributed by atoms with E-state index in [1.54, 1.807) is 18.2 Å². The lowest BCUT2D eigenvalue weighted by Gasteiger charge is -2.04. The van der Waals surface area contributed by atoms with Gasteiger partial charge in [-0.15, -0.1) is 0 Å². The maximum absolute atomic E-state index is 11.7. The van der Waals surface area contributed by atoms with Gasteiger partial charge < -0.3 is 15.1 Å². The normalized spacial score (nSPS) is 10.6. The largest absolute Gasteiger partial charge is 0.417 e. The fourth-order valence-electron chi connectivity index (χ4n) is 1.50. The number of hydrogen-bond donors (Lipinski definition) is 3. The van der Waals surface area contributed by atoms with Crippen LogP contribution in [0, 0.1) is 0 Å². The van der Waals surface area contributed by atoms with Crippen molar-refractivity contribution in [1.82, 2.24) is 15.6 Å². The van der Waals surface area contributed by atoms with Crippen molar-refractivity contribution in [2.24, 2.45) is 0 Å². The van der Waals surface area contributed by atoms with Gasteiger partial charge in [-0.05, 0) is 25.2 Å². The van der Waals surface area contributed by atoms with Crippen LogP contribution in [0.5, 0.6) is 0 Å². The average molecular weight is 235 g/mol. The van der Waals surface area contributed by atoms with Crippen LogP contribution in [0.15, 0.2) is 27.4 Å². The number of hydrogen-bond acceptors (Lipinski definition) is 4. The zero-order valence-corrected chi connectivity index (χ0v) is 9.37. The number of H-pyrrole nitrogens is 1. The highest BCUT2D eigenvalue weighted by Crippen LogP contribution is 2.11. The van der Waals surface area contributed by atoms with Crippen LogP contribution in [0.2, 0.25) is 0 Å². The summed E-state index contributed by atoms with van der Waals surface area (Å²) < 4.78 is 4.85. The summed E-state index contributed by atoms with van der Waals surface area (Å²) in [7, 11) is 1.81. The predicted molar refractivity (Wildman–Crippen MR) is 63.1 cm³/mol. The first-order valence-electron chi connectivity index (χ1n) is 5.26. The molecule has 1 heterocycles. The van der Waals surface area contributed by atoms with E-state index in [0.717, 1.165) is 0 Å². The maximum Gasteiger partial charge on any atom is 0.417 e. The quantitative estimate of drug-likeness (QED) is 0.654. The molecule has 2 aromatic rings. The first-order valence-corrected chi connectivity index (χ1v) is 5.26. The van der Waals surface area contributed by atoms with Crippen molar-refractivity contribution < 1.29 is 9.21 Å². The molecule has 0 bridgehead atoms. The number of carbonyl (C=O) groups is 1. The zero-order valence-electron chi connectivity index (χ0n) is 9.37. The topological polar surface area (TPSA) is 87.1 Å². The van der Waals surface area contributed by atoms with E-state index in [2.05, 4.69) is 15.6 Å². The predicted octanol–water partition coefficient (Wildman–Crippen LogP) is 0.0703. The molecule has 0 aliphatic heterocycles. The van der Waals surface area contributed by atoms with Crippen molar-refractivity contribution in [2.45, 2.75) is 0 Å². The summed E-state index contributed by atoms with van der Waals surface area (Å²) >= 11 is 0. The molecule has 1 aromatic carbocycles. The number of carbonyl (C=O) groups excluding carboxylic acids is 1. The van der Waals surface area contributed by atoms with Gasteiger partial charge in [0.15, 0.2) is 5.58 Å². The fraction of sp³-hybridized carbons (Fsp3) is 0.273. The van der Waals surface area contributed by atoms with E-state index in [1.807, 2.05) is 7.05 Å². The summed E-state index contributed by atoms with van der Waals surface area (Å²) in [5.41, 5.74) is 1.46. The number of aromatic nitrogens is 1. The Labute approximate surface area is 97.0 Å². The Morgan fingerprint density at radius 3 is 3.00 bits per heavy atom. The fourth-order valence-corrected chi connectivity index (χ4v) is 1.50. The highest BCUT2D eigenvalue weighted by Gasteiger charge is 2.07.